The van der Waals surface area contributed by atoms with Crippen molar-refractivity contribution in [1.82, 2.24) is 0 Å². The van der Waals surface area contributed by atoms with Crippen LogP contribution in [0, 0.1) is 57.2 Å². The highest BCUT2D eigenvalue weighted by Crippen LogP contribution is 2.48. The van der Waals surface area contributed by atoms with Crippen LogP contribution in [0.1, 0.15) is 250 Å². The van der Waals surface area contributed by atoms with Crippen LogP contribution in [0.25, 0.3) is 0 Å². The van der Waals surface area contributed by atoms with E-state index in [1.165, 1.54) is 128 Å². The van der Waals surface area contributed by atoms with Gasteiger partial charge in [0, 0.05) is 0 Å². The Hall–Kier alpha value is -2.12. The van der Waals surface area contributed by atoms with E-state index < -0.39 is 0 Å². The summed E-state index contributed by atoms with van der Waals surface area (Å²) in [5, 5.41) is 0. The minimum Gasteiger partial charge on any atom is -0.465 e. The van der Waals surface area contributed by atoms with Crippen molar-refractivity contribution in [2.24, 2.45) is 57.2 Å². The average molecular weight is 903 g/mol. The fourth-order valence-corrected chi connectivity index (χ4v) is 9.48. The van der Waals surface area contributed by atoms with Gasteiger partial charge in [0.25, 0.3) is 0 Å². The molecule has 64 heavy (non-hydrogen) atoms. The van der Waals surface area contributed by atoms with E-state index in [9.17, 15) is 19.2 Å². The number of carbonyl (C=O) groups is 4. The predicted molar refractivity (Wildman–Crippen MR) is 263 cm³/mol. The zero-order valence-electron chi connectivity index (χ0n) is 43.9. The molecule has 5 aliphatic rings. The molecule has 0 radical (unpaired) electrons. The maximum absolute atomic E-state index is 11.8. The number of fused-ring (bicyclic) bond motifs is 2. The Morgan fingerprint density at radius 3 is 1.17 bits per heavy atom. The molecule has 3 unspecified atom stereocenters. The van der Waals surface area contributed by atoms with Gasteiger partial charge in [-0.05, 0) is 168 Å². The normalized spacial score (nSPS) is 22.1. The second-order valence-corrected chi connectivity index (χ2v) is 23.3. The number of esters is 4. The van der Waals surface area contributed by atoms with E-state index >= 15 is 0 Å². The lowest BCUT2D eigenvalue weighted by Crippen LogP contribution is -2.28. The molecular formula is C56H102O8. The predicted octanol–water partition coefficient (Wildman–Crippen LogP) is 15.2. The lowest BCUT2D eigenvalue weighted by Gasteiger charge is -2.25. The maximum Gasteiger partial charge on any atom is 0.311 e. The summed E-state index contributed by atoms with van der Waals surface area (Å²) in [4.78, 5) is 47.0. The Morgan fingerprint density at radius 1 is 0.406 bits per heavy atom. The van der Waals surface area contributed by atoms with Gasteiger partial charge in [-0.15, -0.1) is 0 Å². The van der Waals surface area contributed by atoms with E-state index in [1.54, 1.807) is 0 Å². The zero-order valence-corrected chi connectivity index (χ0v) is 43.9. The molecule has 2 bridgehead atoms. The van der Waals surface area contributed by atoms with Gasteiger partial charge in [-0.1, -0.05) is 118 Å². The van der Waals surface area contributed by atoms with Gasteiger partial charge in [-0.25, -0.2) is 0 Å². The third-order valence-corrected chi connectivity index (χ3v) is 16.4. The number of hydrogen-bond acceptors (Lipinski definition) is 8. The quantitative estimate of drug-likeness (QED) is 0.0717. The van der Waals surface area contributed by atoms with Crippen LogP contribution in [-0.4, -0.2) is 50.3 Å². The van der Waals surface area contributed by atoms with Gasteiger partial charge in [-0.2, -0.15) is 0 Å². The molecule has 0 N–H and O–H groups in total. The molecule has 8 nitrogen and oxygen atoms in total. The first-order valence-electron chi connectivity index (χ1n) is 26.9. The second-order valence-electron chi connectivity index (χ2n) is 23.3. The van der Waals surface area contributed by atoms with Crippen molar-refractivity contribution in [2.75, 3.05) is 26.4 Å². The fraction of sp³-hybridized carbons (Fsp3) is 0.929. The summed E-state index contributed by atoms with van der Waals surface area (Å²) in [5.41, 5.74) is -1.25. The topological polar surface area (TPSA) is 105 Å². The van der Waals surface area contributed by atoms with Crippen molar-refractivity contribution in [1.29, 1.82) is 0 Å². The fourth-order valence-electron chi connectivity index (χ4n) is 9.48. The van der Waals surface area contributed by atoms with Gasteiger partial charge < -0.3 is 18.9 Å². The Bertz CT molecular complexity index is 1310. The van der Waals surface area contributed by atoms with Crippen LogP contribution < -0.4 is 0 Å². The third-order valence-electron chi connectivity index (χ3n) is 16.4. The average Bonchev–Trinajstić information content (AvgIpc) is 3.94. The first-order valence-corrected chi connectivity index (χ1v) is 26.9. The highest BCUT2D eigenvalue weighted by atomic mass is 16.5. The van der Waals surface area contributed by atoms with E-state index in [-0.39, 0.29) is 45.5 Å². The van der Waals surface area contributed by atoms with Crippen molar-refractivity contribution < 1.29 is 38.1 Å². The molecule has 3 atom stereocenters. The van der Waals surface area contributed by atoms with E-state index in [2.05, 4.69) is 0 Å². The van der Waals surface area contributed by atoms with Gasteiger partial charge in [0.05, 0.1) is 48.1 Å². The van der Waals surface area contributed by atoms with E-state index in [0.29, 0.717) is 38.3 Å². The monoisotopic (exact) mass is 903 g/mol. The Morgan fingerprint density at radius 2 is 0.781 bits per heavy atom. The largest absolute Gasteiger partial charge is 0.465 e. The molecule has 0 aromatic carbocycles. The standard InChI is InChI=1S/C15H28O2.C14H24O2.C14H26O2.C13H24O2/c1-4-15(2,3)14(16)17-12-8-11-13-9-6-5-7-10-13;1-4-14(2,3)13(15)16-9-12-8-10-5-6-11(12)7-10;1-4-14(2,3)13(15)16-11-10-12-8-6-5-7-9-12;1-4-13(2,3)12(14)15-10-11-8-6-5-7-9-11/h13H,4-12H2,1-3H3;10-12H,4-9H2,1-3H3;12H,4-11H2,1-3H3;11H,4-10H2,1-3H3. The Labute approximate surface area is 394 Å². The van der Waals surface area contributed by atoms with Crippen LogP contribution in [0.2, 0.25) is 0 Å². The van der Waals surface area contributed by atoms with Gasteiger partial charge in [-0.3, -0.25) is 19.2 Å². The van der Waals surface area contributed by atoms with Crippen LogP contribution in [0.3, 0.4) is 0 Å². The molecule has 5 saturated carbocycles. The first-order chi connectivity index (χ1) is 30.2. The molecule has 5 aliphatic carbocycles. The van der Waals surface area contributed by atoms with Crippen LogP contribution in [0.15, 0.2) is 0 Å². The van der Waals surface area contributed by atoms with Crippen LogP contribution in [-0.2, 0) is 38.1 Å². The van der Waals surface area contributed by atoms with Crippen molar-refractivity contribution in [3.05, 3.63) is 0 Å². The summed E-state index contributed by atoms with van der Waals surface area (Å²) in [6.45, 7) is 26.3. The van der Waals surface area contributed by atoms with E-state index in [4.69, 9.17) is 18.9 Å². The summed E-state index contributed by atoms with van der Waals surface area (Å²) in [6.07, 6.45) is 32.3. The summed E-state index contributed by atoms with van der Waals surface area (Å²) < 4.78 is 21.6. The van der Waals surface area contributed by atoms with Crippen LogP contribution in [0.4, 0.5) is 0 Å². The van der Waals surface area contributed by atoms with Crippen molar-refractivity contribution in [3.8, 4) is 0 Å². The Balaban J connectivity index is 0.000000294. The first kappa shape index (κ1) is 58.0. The van der Waals surface area contributed by atoms with Gasteiger partial charge in [0.1, 0.15) is 0 Å². The van der Waals surface area contributed by atoms with Crippen molar-refractivity contribution in [3.63, 3.8) is 0 Å². The van der Waals surface area contributed by atoms with E-state index in [1.807, 2.05) is 83.1 Å². The lowest BCUT2D eigenvalue weighted by atomic mass is 9.86. The summed E-state index contributed by atoms with van der Waals surface area (Å²) in [5.74, 6) is 4.64. The number of rotatable bonds is 19. The molecule has 374 valence electrons. The molecule has 0 heterocycles. The maximum atomic E-state index is 11.8. The highest BCUT2D eigenvalue weighted by Gasteiger charge is 2.40. The second kappa shape index (κ2) is 29.6. The third kappa shape index (κ3) is 21.7. The summed E-state index contributed by atoms with van der Waals surface area (Å²) >= 11 is 0. The SMILES string of the molecule is CCC(C)(C)C(=O)OCC1CC2CCC1C2.CCC(C)(C)C(=O)OCC1CCCCC1.CCC(C)(C)C(=O)OCCC1CCCCC1.CCC(C)(C)C(=O)OCCCC1CCCCC1. The molecule has 0 aliphatic heterocycles. The Kier molecular flexibility index (Phi) is 26.8. The summed E-state index contributed by atoms with van der Waals surface area (Å²) in [6, 6.07) is 0. The molecule has 0 saturated heterocycles. The smallest absolute Gasteiger partial charge is 0.311 e. The minimum atomic E-state index is -0.315. The highest BCUT2D eigenvalue weighted by molar-refractivity contribution is 5.77. The van der Waals surface area contributed by atoms with Gasteiger partial charge in [0.2, 0.25) is 0 Å². The van der Waals surface area contributed by atoms with Crippen molar-refractivity contribution in [2.45, 2.75) is 250 Å². The van der Waals surface area contributed by atoms with Crippen molar-refractivity contribution >= 4 is 23.9 Å². The number of carbonyl (C=O) groups excluding carboxylic acids is 4. The molecule has 8 heteroatoms. The summed E-state index contributed by atoms with van der Waals surface area (Å²) in [7, 11) is 0. The number of ether oxygens (including phenoxy) is 4. The molecule has 0 aromatic heterocycles. The van der Waals surface area contributed by atoms with Gasteiger partial charge in [0.15, 0.2) is 0 Å². The molecular weight excluding hydrogens is 801 g/mol. The molecule has 0 aromatic rings. The van der Waals surface area contributed by atoms with E-state index in [0.717, 1.165) is 62.2 Å². The number of hydrogen-bond donors (Lipinski definition) is 0. The minimum absolute atomic E-state index is 0.0160. The molecule has 0 spiro atoms. The zero-order chi connectivity index (χ0) is 47.8. The van der Waals surface area contributed by atoms with Crippen LogP contribution >= 0.6 is 0 Å². The molecule has 0 amide bonds. The van der Waals surface area contributed by atoms with Crippen LogP contribution in [0.5, 0.6) is 0 Å². The molecule has 5 rings (SSSR count). The lowest BCUT2D eigenvalue weighted by molar-refractivity contribution is -0.156. The van der Waals surface area contributed by atoms with Gasteiger partial charge >= 0.3 is 23.9 Å². The molecule has 5 fully saturated rings.